The van der Waals surface area contributed by atoms with E-state index in [0.29, 0.717) is 18.1 Å². The van der Waals surface area contributed by atoms with Gasteiger partial charge in [-0.3, -0.25) is 0 Å². The van der Waals surface area contributed by atoms with Crippen LogP contribution in [-0.4, -0.2) is 0 Å². The second kappa shape index (κ2) is 9.00. The van der Waals surface area contributed by atoms with Crippen molar-refractivity contribution in [3.05, 3.63) is 94.1 Å². The van der Waals surface area contributed by atoms with Gasteiger partial charge in [-0.15, -0.1) is 0 Å². The van der Waals surface area contributed by atoms with Crippen molar-refractivity contribution in [1.29, 1.82) is 0 Å². The van der Waals surface area contributed by atoms with Crippen LogP contribution in [0.15, 0.2) is 42.5 Å². The van der Waals surface area contributed by atoms with E-state index in [1.807, 2.05) is 0 Å². The van der Waals surface area contributed by atoms with Gasteiger partial charge in [-0.1, -0.05) is 31.9 Å². The summed E-state index contributed by atoms with van der Waals surface area (Å²) < 4.78 is 84.1. The molecule has 0 aliphatic heterocycles. The summed E-state index contributed by atoms with van der Waals surface area (Å²) >= 11 is 0. The Kier molecular flexibility index (Phi) is 6.31. The fraction of sp³-hybridized carbons (Fsp3) is 0.308. The maximum Gasteiger partial charge on any atom is 0.194 e. The monoisotopic (exact) mass is 448 g/mol. The van der Waals surface area contributed by atoms with Crippen LogP contribution in [0.3, 0.4) is 0 Å². The lowest BCUT2D eigenvalue weighted by Crippen LogP contribution is -2.11. The predicted octanol–water partition coefficient (Wildman–Crippen LogP) is 8.07. The van der Waals surface area contributed by atoms with Crippen LogP contribution in [0.1, 0.15) is 55.2 Å². The Bertz CT molecular complexity index is 1100. The number of hydrogen-bond acceptors (Lipinski definition) is 0. The Hall–Kier alpha value is -2.76. The second-order valence-corrected chi connectivity index (χ2v) is 8.66. The summed E-state index contributed by atoms with van der Waals surface area (Å²) in [5.41, 5.74) is 0.426. The van der Waals surface area contributed by atoms with E-state index in [1.54, 1.807) is 6.07 Å². The van der Waals surface area contributed by atoms with E-state index in [1.165, 1.54) is 12.1 Å². The molecule has 0 nitrogen and oxygen atoms in total. The van der Waals surface area contributed by atoms with E-state index in [9.17, 15) is 26.3 Å². The molecule has 0 bridgehead atoms. The van der Waals surface area contributed by atoms with Crippen LogP contribution in [0.5, 0.6) is 0 Å². The molecule has 0 aromatic heterocycles. The van der Waals surface area contributed by atoms with Gasteiger partial charge >= 0.3 is 0 Å². The number of rotatable bonds is 4. The minimum atomic E-state index is -1.65. The molecule has 3 aromatic carbocycles. The van der Waals surface area contributed by atoms with E-state index >= 15 is 0 Å². The fourth-order valence-electron chi connectivity index (χ4n) is 4.45. The summed E-state index contributed by atoms with van der Waals surface area (Å²) in [6, 6.07) is 8.13. The van der Waals surface area contributed by atoms with E-state index in [-0.39, 0.29) is 22.6 Å². The maximum absolute atomic E-state index is 14.8. The lowest BCUT2D eigenvalue weighted by molar-refractivity contribution is 0.347. The third kappa shape index (κ3) is 4.54. The molecule has 0 heterocycles. The van der Waals surface area contributed by atoms with Crippen molar-refractivity contribution in [2.75, 3.05) is 0 Å². The normalized spacial score (nSPS) is 18.7. The quantitative estimate of drug-likeness (QED) is 0.280. The first-order valence-corrected chi connectivity index (χ1v) is 10.6. The molecule has 0 N–H and O–H groups in total. The summed E-state index contributed by atoms with van der Waals surface area (Å²) in [5.74, 6) is -6.09. The van der Waals surface area contributed by atoms with Gasteiger partial charge in [-0.25, -0.2) is 26.3 Å². The lowest BCUT2D eigenvalue weighted by atomic mass is 9.79. The van der Waals surface area contributed by atoms with E-state index in [2.05, 4.69) is 6.92 Å². The third-order valence-electron chi connectivity index (χ3n) is 6.36. The largest absolute Gasteiger partial charge is 0.207 e. The van der Waals surface area contributed by atoms with E-state index in [4.69, 9.17) is 0 Å². The first-order valence-electron chi connectivity index (χ1n) is 10.6. The lowest BCUT2D eigenvalue weighted by Gasteiger charge is -2.26. The molecule has 1 saturated carbocycles. The van der Waals surface area contributed by atoms with Crippen molar-refractivity contribution in [2.45, 2.75) is 44.9 Å². The molecule has 0 amide bonds. The zero-order valence-electron chi connectivity index (χ0n) is 17.5. The van der Waals surface area contributed by atoms with E-state index in [0.717, 1.165) is 43.4 Å². The molecule has 1 aliphatic carbocycles. The van der Waals surface area contributed by atoms with Crippen LogP contribution >= 0.6 is 0 Å². The highest BCUT2D eigenvalue weighted by Gasteiger charge is 2.22. The van der Waals surface area contributed by atoms with Crippen molar-refractivity contribution in [1.82, 2.24) is 0 Å². The zero-order valence-corrected chi connectivity index (χ0v) is 17.5. The summed E-state index contributed by atoms with van der Waals surface area (Å²) in [4.78, 5) is 0. The average molecular weight is 448 g/mol. The molecule has 32 heavy (non-hydrogen) atoms. The Balaban J connectivity index is 1.60. The van der Waals surface area contributed by atoms with Gasteiger partial charge in [0.2, 0.25) is 0 Å². The molecule has 1 fully saturated rings. The van der Waals surface area contributed by atoms with Gasteiger partial charge < -0.3 is 0 Å². The SMILES string of the molecule is CC1CCC(c2ccc(-c3cc(F)c(Cc4cc(F)c(F)c(F)c4)c(F)c3)c(F)c2)CC1. The molecule has 6 heteroatoms. The fourth-order valence-corrected chi connectivity index (χ4v) is 4.45. The zero-order chi connectivity index (χ0) is 23.0. The van der Waals surface area contributed by atoms with Crippen molar-refractivity contribution in [3.8, 4) is 11.1 Å². The Labute approximate surface area is 182 Å². The molecule has 4 rings (SSSR count). The van der Waals surface area contributed by atoms with Gasteiger partial charge in [0, 0.05) is 17.5 Å². The Morgan fingerprint density at radius 1 is 0.688 bits per heavy atom. The van der Waals surface area contributed by atoms with Gasteiger partial charge in [0.15, 0.2) is 17.5 Å². The van der Waals surface area contributed by atoms with Gasteiger partial charge in [0.1, 0.15) is 17.5 Å². The summed E-state index contributed by atoms with van der Waals surface area (Å²) in [6.07, 6.45) is 3.68. The van der Waals surface area contributed by atoms with Gasteiger partial charge in [-0.2, -0.15) is 0 Å². The van der Waals surface area contributed by atoms with Crippen LogP contribution in [0, 0.1) is 40.8 Å². The third-order valence-corrected chi connectivity index (χ3v) is 6.36. The van der Waals surface area contributed by atoms with Crippen molar-refractivity contribution in [2.24, 2.45) is 5.92 Å². The molecule has 0 unspecified atom stereocenters. The van der Waals surface area contributed by atoms with Gasteiger partial charge in [0.05, 0.1) is 0 Å². The van der Waals surface area contributed by atoms with Crippen molar-refractivity contribution < 1.29 is 26.3 Å². The predicted molar refractivity (Wildman–Crippen MR) is 111 cm³/mol. The summed E-state index contributed by atoms with van der Waals surface area (Å²) in [6.45, 7) is 2.20. The number of benzene rings is 3. The first-order chi connectivity index (χ1) is 15.2. The molecule has 3 aromatic rings. The van der Waals surface area contributed by atoms with Crippen LogP contribution in [0.25, 0.3) is 11.1 Å². The average Bonchev–Trinajstić information content (AvgIpc) is 2.75. The highest BCUT2D eigenvalue weighted by molar-refractivity contribution is 5.65. The molecule has 1 aliphatic rings. The maximum atomic E-state index is 14.8. The summed E-state index contributed by atoms with van der Waals surface area (Å²) in [7, 11) is 0. The smallest absolute Gasteiger partial charge is 0.194 e. The van der Waals surface area contributed by atoms with Gasteiger partial charge in [-0.05, 0) is 71.7 Å². The second-order valence-electron chi connectivity index (χ2n) is 8.66. The Morgan fingerprint density at radius 2 is 1.28 bits per heavy atom. The van der Waals surface area contributed by atoms with Crippen LogP contribution in [-0.2, 0) is 6.42 Å². The first kappa shape index (κ1) is 22.4. The van der Waals surface area contributed by atoms with E-state index < -0.39 is 46.9 Å². The minimum absolute atomic E-state index is 0.0292. The van der Waals surface area contributed by atoms with Crippen LogP contribution < -0.4 is 0 Å². The minimum Gasteiger partial charge on any atom is -0.207 e. The highest BCUT2D eigenvalue weighted by atomic mass is 19.2. The summed E-state index contributed by atoms with van der Waals surface area (Å²) in [5, 5.41) is 0. The molecule has 0 atom stereocenters. The molecule has 168 valence electrons. The molecular weight excluding hydrogens is 426 g/mol. The number of halogens is 6. The molecule has 0 spiro atoms. The number of hydrogen-bond donors (Lipinski definition) is 0. The highest BCUT2D eigenvalue weighted by Crippen LogP contribution is 2.37. The Morgan fingerprint density at radius 3 is 1.84 bits per heavy atom. The molecular formula is C26H22F6. The van der Waals surface area contributed by atoms with Crippen LogP contribution in [0.2, 0.25) is 0 Å². The van der Waals surface area contributed by atoms with Crippen molar-refractivity contribution >= 4 is 0 Å². The van der Waals surface area contributed by atoms with Gasteiger partial charge in [0.25, 0.3) is 0 Å². The molecule has 0 saturated heterocycles. The topological polar surface area (TPSA) is 0 Å². The van der Waals surface area contributed by atoms with Crippen LogP contribution in [0.4, 0.5) is 26.3 Å². The standard InChI is InChI=1S/C26H22F6/c1-14-2-4-16(5-3-14)17-6-7-19(21(27)11-17)18-12-22(28)20(23(29)13-18)8-15-9-24(30)26(32)25(31)10-15/h6-7,9-14,16H,2-5,8H2,1H3. The molecule has 0 radical (unpaired) electrons. The van der Waals surface area contributed by atoms with Crippen molar-refractivity contribution in [3.63, 3.8) is 0 Å².